The standard InChI is InChI=1S/C19H18N2OS.ClH/c1-13(14-7-3-2-4-8-14)21-11-16-18(22)15-9-5-6-10-17(15)23-19(16)20-12-21;/h2-10,13,20H,11-12H2,1H3;1H. The van der Waals surface area contributed by atoms with Gasteiger partial charge in [-0.1, -0.05) is 53.8 Å². The first-order chi connectivity index (χ1) is 11.2. The molecule has 2 N–H and O–H groups in total. The minimum Gasteiger partial charge on any atom is -1.00 e. The summed E-state index contributed by atoms with van der Waals surface area (Å²) < 4.78 is 1.08. The third kappa shape index (κ3) is 2.98. The van der Waals surface area contributed by atoms with Gasteiger partial charge in [-0.05, 0) is 24.6 Å². The van der Waals surface area contributed by atoms with Gasteiger partial charge in [0.1, 0.15) is 6.67 Å². The van der Waals surface area contributed by atoms with Gasteiger partial charge in [-0.25, -0.2) is 4.90 Å². The molecule has 0 bridgehead atoms. The van der Waals surface area contributed by atoms with Crippen LogP contribution in [0.2, 0.25) is 0 Å². The van der Waals surface area contributed by atoms with Crippen LogP contribution in [0, 0.1) is 0 Å². The molecule has 1 aliphatic heterocycles. The van der Waals surface area contributed by atoms with Gasteiger partial charge in [0.05, 0.1) is 5.56 Å². The maximum absolute atomic E-state index is 12.8. The van der Waals surface area contributed by atoms with Crippen LogP contribution >= 0.6 is 11.3 Å². The molecule has 4 rings (SSSR count). The van der Waals surface area contributed by atoms with Crippen molar-refractivity contribution in [1.29, 1.82) is 0 Å². The van der Waals surface area contributed by atoms with Crippen LogP contribution in [-0.4, -0.2) is 11.6 Å². The molecule has 1 aromatic heterocycles. The zero-order chi connectivity index (χ0) is 15.8. The quantitative estimate of drug-likeness (QED) is 0.700. The average Bonchev–Trinajstić information content (AvgIpc) is 2.62. The maximum atomic E-state index is 12.8. The van der Waals surface area contributed by atoms with Crippen LogP contribution in [0.1, 0.15) is 24.1 Å². The molecule has 3 aromatic rings. The number of hydrogen-bond donors (Lipinski definition) is 1. The highest BCUT2D eigenvalue weighted by atomic mass is 35.5. The van der Waals surface area contributed by atoms with Gasteiger partial charge in [-0.3, -0.25) is 10.1 Å². The Balaban J connectivity index is 0.00000169. The summed E-state index contributed by atoms with van der Waals surface area (Å²) in [7, 11) is 0. The highest BCUT2D eigenvalue weighted by molar-refractivity contribution is 7.21. The molecule has 3 nitrogen and oxygen atoms in total. The van der Waals surface area contributed by atoms with E-state index in [2.05, 4.69) is 41.4 Å². The largest absolute Gasteiger partial charge is 1.00 e. The van der Waals surface area contributed by atoms with Crippen LogP contribution < -0.4 is 23.2 Å². The van der Waals surface area contributed by atoms with Gasteiger partial charge in [-0.2, -0.15) is 0 Å². The van der Waals surface area contributed by atoms with Crippen molar-refractivity contribution in [3.63, 3.8) is 0 Å². The first kappa shape index (κ1) is 17.1. The second-order valence-corrected chi connectivity index (χ2v) is 7.07. The molecule has 0 saturated heterocycles. The zero-order valence-electron chi connectivity index (χ0n) is 13.4. The fourth-order valence-corrected chi connectivity index (χ4v) is 4.31. The summed E-state index contributed by atoms with van der Waals surface area (Å²) in [6.45, 7) is 3.82. The highest BCUT2D eigenvalue weighted by Gasteiger charge is 2.27. The van der Waals surface area contributed by atoms with Crippen molar-refractivity contribution in [3.05, 3.63) is 75.9 Å². The molecule has 0 aliphatic carbocycles. The normalized spacial score (nSPS) is 15.5. The topological polar surface area (TPSA) is 36.9 Å². The van der Waals surface area contributed by atoms with Gasteiger partial charge in [0.15, 0.2) is 10.4 Å². The van der Waals surface area contributed by atoms with Crippen molar-refractivity contribution >= 4 is 26.4 Å². The molecule has 0 amide bonds. The first-order valence-corrected chi connectivity index (χ1v) is 8.72. The molecule has 2 aromatic carbocycles. The van der Waals surface area contributed by atoms with Gasteiger partial charge in [0.2, 0.25) is 0 Å². The van der Waals surface area contributed by atoms with Gasteiger partial charge >= 0.3 is 0 Å². The molecule has 24 heavy (non-hydrogen) atoms. The molecule has 5 heteroatoms. The van der Waals surface area contributed by atoms with Crippen molar-refractivity contribution in [1.82, 2.24) is 4.90 Å². The van der Waals surface area contributed by atoms with Crippen molar-refractivity contribution in [2.75, 3.05) is 6.67 Å². The van der Waals surface area contributed by atoms with E-state index in [0.29, 0.717) is 6.04 Å². The number of nitrogens with two attached hydrogens (primary N) is 1. The summed E-state index contributed by atoms with van der Waals surface area (Å²) in [6.07, 6.45) is 0. The lowest BCUT2D eigenvalue weighted by Crippen LogP contribution is -3.00. The van der Waals surface area contributed by atoms with Crippen LogP contribution in [0.4, 0.5) is 5.00 Å². The van der Waals surface area contributed by atoms with E-state index in [-0.39, 0.29) is 17.8 Å². The SMILES string of the molecule is CC(c1ccccc1)N1C[NH2+]c2sc3ccccc3c(=O)c2C1.[Cl-]. The van der Waals surface area contributed by atoms with Crippen LogP contribution in [0.3, 0.4) is 0 Å². The minimum absolute atomic E-state index is 0. The molecule has 0 spiro atoms. The molecule has 0 saturated carbocycles. The number of halogens is 1. The molecule has 1 unspecified atom stereocenters. The summed E-state index contributed by atoms with van der Waals surface area (Å²) in [6, 6.07) is 18.7. The van der Waals surface area contributed by atoms with Crippen LogP contribution in [0.15, 0.2) is 59.4 Å². The smallest absolute Gasteiger partial charge is 0.198 e. The third-order valence-corrected chi connectivity index (χ3v) is 5.83. The number of benzene rings is 2. The highest BCUT2D eigenvalue weighted by Crippen LogP contribution is 2.28. The molecular formula is C19H19ClN2OS. The Hall–Kier alpha value is -1.72. The number of hydrogen-bond acceptors (Lipinski definition) is 3. The third-order valence-electron chi connectivity index (χ3n) is 4.63. The summed E-state index contributed by atoms with van der Waals surface area (Å²) >= 11 is 1.73. The number of nitrogens with zero attached hydrogens (tertiary/aromatic N) is 1. The van der Waals surface area contributed by atoms with Gasteiger partial charge in [-0.15, -0.1) is 0 Å². The Bertz CT molecular complexity index is 910. The van der Waals surface area contributed by atoms with Crippen molar-refractivity contribution in [3.8, 4) is 0 Å². The van der Waals surface area contributed by atoms with E-state index in [4.69, 9.17) is 0 Å². The lowest BCUT2D eigenvalue weighted by atomic mass is 10.1. The monoisotopic (exact) mass is 358 g/mol. The predicted molar refractivity (Wildman–Crippen MR) is 94.9 cm³/mol. The van der Waals surface area contributed by atoms with Crippen LogP contribution in [0.5, 0.6) is 0 Å². The Morgan fingerprint density at radius 3 is 2.58 bits per heavy atom. The van der Waals surface area contributed by atoms with Crippen molar-refractivity contribution in [2.24, 2.45) is 0 Å². The van der Waals surface area contributed by atoms with E-state index in [1.165, 1.54) is 5.56 Å². The number of fused-ring (bicyclic) bond motifs is 2. The van der Waals surface area contributed by atoms with E-state index in [1.54, 1.807) is 11.3 Å². The molecule has 124 valence electrons. The molecule has 0 radical (unpaired) electrons. The second kappa shape index (κ2) is 7.03. The van der Waals surface area contributed by atoms with E-state index < -0.39 is 0 Å². The van der Waals surface area contributed by atoms with E-state index >= 15 is 0 Å². The van der Waals surface area contributed by atoms with Crippen molar-refractivity contribution < 1.29 is 17.7 Å². The lowest BCUT2D eigenvalue weighted by Gasteiger charge is -2.31. The molecule has 1 aliphatic rings. The number of rotatable bonds is 2. The minimum atomic E-state index is 0. The van der Waals surface area contributed by atoms with E-state index in [9.17, 15) is 4.79 Å². The molecule has 0 fully saturated rings. The Morgan fingerprint density at radius 2 is 1.79 bits per heavy atom. The van der Waals surface area contributed by atoms with Gasteiger partial charge in [0, 0.05) is 22.7 Å². The van der Waals surface area contributed by atoms with Gasteiger partial charge < -0.3 is 12.4 Å². The second-order valence-electron chi connectivity index (χ2n) is 5.99. The van der Waals surface area contributed by atoms with Crippen LogP contribution in [-0.2, 0) is 6.54 Å². The summed E-state index contributed by atoms with van der Waals surface area (Å²) in [4.78, 5) is 15.2. The Labute approximate surface area is 151 Å². The Morgan fingerprint density at radius 1 is 1.08 bits per heavy atom. The van der Waals surface area contributed by atoms with Crippen LogP contribution in [0.25, 0.3) is 10.1 Å². The molecule has 1 atom stereocenters. The maximum Gasteiger partial charge on any atom is 0.198 e. The van der Waals surface area contributed by atoms with Crippen molar-refractivity contribution in [2.45, 2.75) is 19.5 Å². The average molecular weight is 359 g/mol. The zero-order valence-corrected chi connectivity index (χ0v) is 15.0. The summed E-state index contributed by atoms with van der Waals surface area (Å²) in [5.41, 5.74) is 2.43. The first-order valence-electron chi connectivity index (χ1n) is 7.91. The molecule has 2 heterocycles. The Kier molecular flexibility index (Phi) is 5.01. The fraction of sp³-hybridized carbons (Fsp3) is 0.211. The summed E-state index contributed by atoms with van der Waals surface area (Å²) in [5, 5.41) is 4.20. The van der Waals surface area contributed by atoms with Gasteiger partial charge in [0.25, 0.3) is 0 Å². The summed E-state index contributed by atoms with van der Waals surface area (Å²) in [5.74, 6) is 0. The fourth-order valence-electron chi connectivity index (χ4n) is 3.22. The van der Waals surface area contributed by atoms with E-state index in [1.807, 2.05) is 30.3 Å². The number of quaternary nitrogens is 1. The van der Waals surface area contributed by atoms with E-state index in [0.717, 1.165) is 33.9 Å². The lowest BCUT2D eigenvalue weighted by molar-refractivity contribution is -0.597. The molecular weight excluding hydrogens is 340 g/mol. The predicted octanol–water partition coefficient (Wildman–Crippen LogP) is -0.00530.